The Kier molecular flexibility index (Phi) is 4.65. The van der Waals surface area contributed by atoms with Gasteiger partial charge in [0.15, 0.2) is 17.4 Å². The van der Waals surface area contributed by atoms with E-state index in [1.807, 2.05) is 11.8 Å². The number of nitrogen functional groups attached to an aromatic ring is 1. The summed E-state index contributed by atoms with van der Waals surface area (Å²) in [5.74, 6) is 0.459. The van der Waals surface area contributed by atoms with Crippen LogP contribution in [0.3, 0.4) is 0 Å². The summed E-state index contributed by atoms with van der Waals surface area (Å²) in [4.78, 5) is 38.1. The number of ether oxygens (including phenoxy) is 1. The third-order valence-electron chi connectivity index (χ3n) is 5.79. The van der Waals surface area contributed by atoms with Crippen molar-refractivity contribution in [1.82, 2.24) is 25.1 Å². The third kappa shape index (κ3) is 3.19. The number of nitrogens with one attached hydrogen (secondary N) is 2. The lowest BCUT2D eigenvalue weighted by Gasteiger charge is -2.44. The molecule has 10 heteroatoms. The summed E-state index contributed by atoms with van der Waals surface area (Å²) in [5, 5.41) is 6.16. The number of aromatic nitrogens is 2. The van der Waals surface area contributed by atoms with Gasteiger partial charge in [-0.05, 0) is 25.6 Å². The topological polar surface area (TPSA) is 126 Å². The number of carbonyl (C=O) groups excluding carboxylic acids is 2. The summed E-state index contributed by atoms with van der Waals surface area (Å²) in [6, 6.07) is 0. The van der Waals surface area contributed by atoms with Crippen LogP contribution in [0.15, 0.2) is 29.4 Å². The van der Waals surface area contributed by atoms with Gasteiger partial charge >= 0.3 is 0 Å². The summed E-state index contributed by atoms with van der Waals surface area (Å²) < 4.78 is 5.26. The Bertz CT molecular complexity index is 932. The van der Waals surface area contributed by atoms with Crippen molar-refractivity contribution in [2.24, 2.45) is 0 Å². The van der Waals surface area contributed by atoms with Gasteiger partial charge in [0.25, 0.3) is 5.91 Å². The Morgan fingerprint density at radius 2 is 2.00 bits per heavy atom. The van der Waals surface area contributed by atoms with Gasteiger partial charge in [0.2, 0.25) is 5.75 Å². The average molecular weight is 399 g/mol. The molecule has 154 valence electrons. The summed E-state index contributed by atoms with van der Waals surface area (Å²) in [7, 11) is 3.52. The number of nitrogens with zero attached hydrogens (tertiary/aromatic N) is 4. The monoisotopic (exact) mass is 399 g/mol. The maximum atomic E-state index is 13.1. The number of rotatable bonds is 3. The van der Waals surface area contributed by atoms with E-state index in [2.05, 4.69) is 32.5 Å². The molecule has 0 aromatic carbocycles. The number of hydrogen-bond donors (Lipinski definition) is 3. The second-order valence-electron chi connectivity index (χ2n) is 7.65. The van der Waals surface area contributed by atoms with E-state index in [0.717, 1.165) is 25.9 Å². The largest absolute Gasteiger partial charge is 0.490 e. The van der Waals surface area contributed by atoms with Crippen molar-refractivity contribution < 1.29 is 14.3 Å². The van der Waals surface area contributed by atoms with Crippen LogP contribution in [0.2, 0.25) is 0 Å². The van der Waals surface area contributed by atoms with Gasteiger partial charge in [-0.2, -0.15) is 0 Å². The molecule has 29 heavy (non-hydrogen) atoms. The smallest absolute Gasteiger partial charge is 0.269 e. The number of anilines is 2. The number of amides is 1. The highest BCUT2D eigenvalue weighted by atomic mass is 16.5. The first kappa shape index (κ1) is 19.2. The SMILES string of the molecule is COc1c(N)ncnc1NC1=CC(C)=C2C(=O)NC3(CCN(C)CC3)N2CC1=O. The summed E-state index contributed by atoms with van der Waals surface area (Å²) >= 11 is 0. The molecule has 0 bridgehead atoms. The van der Waals surface area contributed by atoms with Crippen LogP contribution in [0.1, 0.15) is 19.8 Å². The zero-order chi connectivity index (χ0) is 20.8. The van der Waals surface area contributed by atoms with E-state index in [1.165, 1.54) is 13.4 Å². The van der Waals surface area contributed by atoms with Crippen molar-refractivity contribution in [3.8, 4) is 5.75 Å². The summed E-state index contributed by atoms with van der Waals surface area (Å²) in [6.07, 6.45) is 4.51. The van der Waals surface area contributed by atoms with E-state index < -0.39 is 5.66 Å². The van der Waals surface area contributed by atoms with Gasteiger partial charge in [0.05, 0.1) is 19.4 Å². The lowest BCUT2D eigenvalue weighted by molar-refractivity contribution is -0.118. The molecule has 0 unspecified atom stereocenters. The number of hydrogen-bond acceptors (Lipinski definition) is 9. The van der Waals surface area contributed by atoms with Crippen LogP contribution >= 0.6 is 0 Å². The molecule has 4 heterocycles. The number of Topliss-reactive ketones (excluding diaryl/α,β-unsaturated/α-hetero) is 1. The number of allylic oxidation sites excluding steroid dienone is 2. The molecule has 2 fully saturated rings. The number of methoxy groups -OCH3 is 1. The molecule has 3 aliphatic rings. The van der Waals surface area contributed by atoms with E-state index in [9.17, 15) is 9.59 Å². The van der Waals surface area contributed by atoms with Crippen molar-refractivity contribution in [2.75, 3.05) is 44.8 Å². The minimum Gasteiger partial charge on any atom is -0.490 e. The van der Waals surface area contributed by atoms with Gasteiger partial charge in [-0.1, -0.05) is 0 Å². The Morgan fingerprint density at radius 1 is 1.28 bits per heavy atom. The third-order valence-corrected chi connectivity index (χ3v) is 5.79. The van der Waals surface area contributed by atoms with Crippen molar-refractivity contribution >= 4 is 23.3 Å². The van der Waals surface area contributed by atoms with Crippen LogP contribution in [0.4, 0.5) is 11.6 Å². The molecule has 3 aliphatic heterocycles. The first-order valence-corrected chi connectivity index (χ1v) is 9.50. The Labute approximate surface area is 168 Å². The molecule has 1 amide bonds. The lowest BCUT2D eigenvalue weighted by Crippen LogP contribution is -2.58. The fourth-order valence-corrected chi connectivity index (χ4v) is 4.19. The van der Waals surface area contributed by atoms with Gasteiger partial charge in [0, 0.05) is 25.9 Å². The lowest BCUT2D eigenvalue weighted by atomic mass is 9.96. The second-order valence-corrected chi connectivity index (χ2v) is 7.65. The molecule has 10 nitrogen and oxygen atoms in total. The predicted molar refractivity (Wildman–Crippen MR) is 107 cm³/mol. The quantitative estimate of drug-likeness (QED) is 0.647. The van der Waals surface area contributed by atoms with Crippen LogP contribution in [-0.2, 0) is 9.59 Å². The number of carbonyl (C=O) groups is 2. The number of nitrogens with two attached hydrogens (primary N) is 1. The number of piperidine rings is 1. The summed E-state index contributed by atoms with van der Waals surface area (Å²) in [6.45, 7) is 3.64. The first-order valence-electron chi connectivity index (χ1n) is 9.50. The highest BCUT2D eigenvalue weighted by Crippen LogP contribution is 2.38. The minimum absolute atomic E-state index is 0.0941. The first-order chi connectivity index (χ1) is 13.8. The van der Waals surface area contributed by atoms with Gasteiger partial charge in [-0.15, -0.1) is 0 Å². The van der Waals surface area contributed by atoms with E-state index in [-0.39, 0.29) is 29.8 Å². The van der Waals surface area contributed by atoms with Crippen molar-refractivity contribution in [2.45, 2.75) is 25.4 Å². The molecular weight excluding hydrogens is 374 g/mol. The molecule has 1 aromatic rings. The van der Waals surface area contributed by atoms with E-state index in [1.54, 1.807) is 6.08 Å². The molecular formula is C19H25N7O3. The molecule has 0 radical (unpaired) electrons. The predicted octanol–water partition coefficient (Wildman–Crippen LogP) is 0.0736. The fourth-order valence-electron chi connectivity index (χ4n) is 4.19. The normalized spacial score (nSPS) is 21.6. The van der Waals surface area contributed by atoms with E-state index in [4.69, 9.17) is 10.5 Å². The van der Waals surface area contributed by atoms with Gasteiger partial charge in [0.1, 0.15) is 17.7 Å². The van der Waals surface area contributed by atoms with Gasteiger partial charge in [-0.25, -0.2) is 9.97 Å². The van der Waals surface area contributed by atoms with Crippen LogP contribution < -0.4 is 21.1 Å². The zero-order valence-electron chi connectivity index (χ0n) is 16.8. The van der Waals surface area contributed by atoms with Crippen LogP contribution in [0, 0.1) is 0 Å². The highest BCUT2D eigenvalue weighted by molar-refractivity contribution is 6.05. The van der Waals surface area contributed by atoms with Crippen molar-refractivity contribution in [3.63, 3.8) is 0 Å². The molecule has 0 aliphatic carbocycles. The minimum atomic E-state index is -0.518. The number of fused-ring (bicyclic) bond motifs is 2. The number of ketones is 1. The number of likely N-dealkylation sites (tertiary alicyclic amines) is 1. The van der Waals surface area contributed by atoms with Gasteiger partial charge in [-0.3, -0.25) is 9.59 Å². The molecule has 1 aromatic heterocycles. The standard InChI is InChI=1S/C19H25N7O3/c1-11-8-12(23-17-15(29-3)16(20)21-10-22-17)13(27)9-26-14(11)18(28)24-19(26)4-6-25(2)7-5-19/h8,10H,4-7,9H2,1-3H3,(H,24,28)(H3,20,21,22,23). The Morgan fingerprint density at radius 3 is 2.69 bits per heavy atom. The van der Waals surface area contributed by atoms with Gasteiger partial charge < -0.3 is 30.9 Å². The van der Waals surface area contributed by atoms with Crippen LogP contribution in [-0.4, -0.2) is 70.9 Å². The molecule has 4 N–H and O–H groups in total. The second kappa shape index (κ2) is 7.03. The summed E-state index contributed by atoms with van der Waals surface area (Å²) in [5.41, 5.74) is 6.91. The van der Waals surface area contributed by atoms with Crippen molar-refractivity contribution in [3.05, 3.63) is 29.4 Å². The maximum absolute atomic E-state index is 13.1. The van der Waals surface area contributed by atoms with Crippen molar-refractivity contribution in [1.29, 1.82) is 0 Å². The zero-order valence-corrected chi connectivity index (χ0v) is 16.8. The fraction of sp³-hybridized carbons (Fsp3) is 0.474. The van der Waals surface area contributed by atoms with E-state index >= 15 is 0 Å². The maximum Gasteiger partial charge on any atom is 0.269 e. The van der Waals surface area contributed by atoms with E-state index in [0.29, 0.717) is 22.8 Å². The molecule has 0 saturated carbocycles. The highest BCUT2D eigenvalue weighted by Gasteiger charge is 2.50. The molecule has 0 atom stereocenters. The molecule has 1 spiro atoms. The van der Waals surface area contributed by atoms with Crippen LogP contribution in [0.5, 0.6) is 5.75 Å². The Balaban J connectivity index is 1.67. The average Bonchev–Trinajstić information content (AvgIpc) is 2.86. The van der Waals surface area contributed by atoms with Crippen LogP contribution in [0.25, 0.3) is 0 Å². The molecule has 2 saturated heterocycles. The molecule has 4 rings (SSSR count). The Hall–Kier alpha value is -3.14.